The Morgan fingerprint density at radius 2 is 2.18 bits per heavy atom. The lowest BCUT2D eigenvalue weighted by atomic mass is 9.79. The summed E-state index contributed by atoms with van der Waals surface area (Å²) in [5, 5.41) is 25.7. The lowest BCUT2D eigenvalue weighted by Gasteiger charge is -2.46. The number of amides is 3. The highest BCUT2D eigenvalue weighted by Gasteiger charge is 2.60. The molecule has 0 saturated carbocycles. The Morgan fingerprint density at radius 1 is 1.46 bits per heavy atom. The van der Waals surface area contributed by atoms with Crippen LogP contribution in [0.4, 0.5) is 4.79 Å². The predicted octanol–water partition coefficient (Wildman–Crippen LogP) is -0.536. The predicted molar refractivity (Wildman–Crippen MR) is 101 cm³/mol. The number of aliphatic hydroxyl groups excluding tert-OH is 1. The number of hydroxylamine groups is 1. The Balaban J connectivity index is 1.64. The molecule has 2 fully saturated rings. The molecule has 156 valence electrons. The highest BCUT2D eigenvalue weighted by atomic mass is 32.2. The van der Waals surface area contributed by atoms with Crippen LogP contribution in [0.5, 0.6) is 0 Å². The van der Waals surface area contributed by atoms with Crippen molar-refractivity contribution in [1.82, 2.24) is 21.0 Å². The molecule has 3 aliphatic rings. The zero-order valence-corrected chi connectivity index (χ0v) is 16.8. The number of nitrogens with zero attached hydrogens (tertiary/aromatic N) is 1. The number of aliphatic hydroxyl groups is 1. The maximum atomic E-state index is 12.4. The topological polar surface area (TPSA) is 140 Å². The van der Waals surface area contributed by atoms with E-state index >= 15 is 0 Å². The number of fused-ring (bicyclic) bond motifs is 1. The first-order valence-electron chi connectivity index (χ1n) is 9.21. The van der Waals surface area contributed by atoms with E-state index in [2.05, 4.69) is 21.0 Å². The number of carboxylic acid groups (broad SMARTS) is 1. The quantitative estimate of drug-likeness (QED) is 0.277. The number of urea groups is 1. The van der Waals surface area contributed by atoms with Crippen molar-refractivity contribution in [2.45, 2.75) is 43.7 Å². The molecule has 0 unspecified atom stereocenters. The van der Waals surface area contributed by atoms with Crippen LogP contribution < -0.4 is 16.1 Å². The summed E-state index contributed by atoms with van der Waals surface area (Å²) in [6.45, 7) is 4.57. The monoisotopic (exact) mass is 414 g/mol. The van der Waals surface area contributed by atoms with Crippen molar-refractivity contribution < 1.29 is 29.4 Å². The number of β-lactam (4-membered cyclic amide) rings is 1. The lowest BCUT2D eigenvalue weighted by molar-refractivity contribution is -0.163. The van der Waals surface area contributed by atoms with E-state index in [0.717, 1.165) is 6.42 Å². The minimum Gasteiger partial charge on any atom is -0.477 e. The largest absolute Gasteiger partial charge is 0.477 e. The third-order valence-corrected chi connectivity index (χ3v) is 7.00. The summed E-state index contributed by atoms with van der Waals surface area (Å²) in [5.74, 6) is -2.14. The molecule has 3 amide bonds. The lowest BCUT2D eigenvalue weighted by Crippen LogP contribution is -2.63. The van der Waals surface area contributed by atoms with Gasteiger partial charge in [0.15, 0.2) is 0 Å². The normalized spacial score (nSPS) is 32.8. The molecule has 0 radical (unpaired) electrons. The first-order chi connectivity index (χ1) is 13.3. The third kappa shape index (κ3) is 3.71. The van der Waals surface area contributed by atoms with Gasteiger partial charge in [-0.05, 0) is 13.3 Å². The van der Waals surface area contributed by atoms with Crippen LogP contribution in [0.2, 0.25) is 0 Å². The zero-order chi connectivity index (χ0) is 20.6. The van der Waals surface area contributed by atoms with E-state index in [9.17, 15) is 24.6 Å². The molecule has 3 rings (SSSR count). The molecule has 11 heteroatoms. The van der Waals surface area contributed by atoms with Gasteiger partial charge in [-0.15, -0.1) is 11.8 Å². The summed E-state index contributed by atoms with van der Waals surface area (Å²) in [4.78, 5) is 42.2. The summed E-state index contributed by atoms with van der Waals surface area (Å²) in [7, 11) is 1.35. The summed E-state index contributed by atoms with van der Waals surface area (Å²) in [6, 6.07) is -0.659. The number of hydrogen-bond donors (Lipinski definition) is 5. The Morgan fingerprint density at radius 3 is 2.79 bits per heavy atom. The fourth-order valence-electron chi connectivity index (χ4n) is 4.23. The number of carboxylic acids is 1. The summed E-state index contributed by atoms with van der Waals surface area (Å²) >= 11 is 1.48. The molecule has 0 aliphatic carbocycles. The van der Waals surface area contributed by atoms with E-state index in [4.69, 9.17) is 0 Å². The van der Waals surface area contributed by atoms with Gasteiger partial charge in [-0.1, -0.05) is 6.92 Å². The summed E-state index contributed by atoms with van der Waals surface area (Å²) < 4.78 is 0. The summed E-state index contributed by atoms with van der Waals surface area (Å²) in [5.41, 5.74) is 2.23. The van der Waals surface area contributed by atoms with Crippen molar-refractivity contribution in [3.63, 3.8) is 0 Å². The number of aliphatic carboxylic acids is 1. The van der Waals surface area contributed by atoms with Crippen LogP contribution >= 0.6 is 11.8 Å². The van der Waals surface area contributed by atoms with Gasteiger partial charge in [-0.25, -0.2) is 15.1 Å². The number of rotatable bonds is 7. The minimum atomic E-state index is -1.12. The first kappa shape index (κ1) is 20.9. The number of nitrogens with one attached hydrogen (secondary N) is 3. The molecule has 3 aliphatic heterocycles. The fourth-order valence-corrected chi connectivity index (χ4v) is 5.75. The maximum Gasteiger partial charge on any atom is 0.353 e. The van der Waals surface area contributed by atoms with E-state index in [1.807, 2.05) is 6.92 Å². The van der Waals surface area contributed by atoms with E-state index < -0.39 is 24.0 Å². The van der Waals surface area contributed by atoms with Gasteiger partial charge in [0, 0.05) is 35.2 Å². The Bertz CT molecular complexity index is 699. The minimum absolute atomic E-state index is 0.0467. The molecule has 5 N–H and O–H groups in total. The molecule has 0 spiro atoms. The van der Waals surface area contributed by atoms with Crippen LogP contribution in [-0.2, 0) is 14.4 Å². The Hall–Kier alpha value is -1.82. The number of thioether (sulfide) groups is 1. The van der Waals surface area contributed by atoms with Crippen molar-refractivity contribution >= 4 is 29.7 Å². The number of hydrogen-bond acceptors (Lipinski definition) is 7. The van der Waals surface area contributed by atoms with Gasteiger partial charge in [-0.3, -0.25) is 9.63 Å². The van der Waals surface area contributed by atoms with Crippen molar-refractivity contribution in [2.75, 3.05) is 20.2 Å². The number of carbonyl (C=O) groups is 3. The molecule has 0 aromatic carbocycles. The van der Waals surface area contributed by atoms with Crippen LogP contribution in [0.3, 0.4) is 0 Å². The van der Waals surface area contributed by atoms with Crippen molar-refractivity contribution in [2.24, 2.45) is 11.8 Å². The molecule has 0 aromatic heterocycles. The van der Waals surface area contributed by atoms with Gasteiger partial charge in [0.05, 0.1) is 25.2 Å². The van der Waals surface area contributed by atoms with Crippen molar-refractivity contribution in [3.05, 3.63) is 10.6 Å². The highest BCUT2D eigenvalue weighted by Crippen LogP contribution is 2.51. The van der Waals surface area contributed by atoms with Gasteiger partial charge < -0.3 is 25.7 Å². The third-order valence-electron chi connectivity index (χ3n) is 5.49. The van der Waals surface area contributed by atoms with Gasteiger partial charge in [0.2, 0.25) is 5.91 Å². The molecule has 3 heterocycles. The van der Waals surface area contributed by atoms with Gasteiger partial charge in [0.25, 0.3) is 0 Å². The van der Waals surface area contributed by atoms with Crippen LogP contribution in [0.1, 0.15) is 20.3 Å². The van der Waals surface area contributed by atoms with Crippen LogP contribution in [0, 0.1) is 11.8 Å². The Labute approximate surface area is 167 Å². The van der Waals surface area contributed by atoms with Crippen molar-refractivity contribution in [1.29, 1.82) is 0 Å². The van der Waals surface area contributed by atoms with E-state index in [-0.39, 0.29) is 34.9 Å². The maximum absolute atomic E-state index is 12.4. The van der Waals surface area contributed by atoms with Gasteiger partial charge in [0.1, 0.15) is 5.70 Å². The second kappa shape index (κ2) is 8.27. The van der Waals surface area contributed by atoms with Gasteiger partial charge >= 0.3 is 12.0 Å². The van der Waals surface area contributed by atoms with Crippen LogP contribution in [-0.4, -0.2) is 76.7 Å². The fraction of sp³-hybridized carbons (Fsp3) is 0.706. The molecule has 2 saturated heterocycles. The molecular formula is C17H26N4O6S. The first-order valence-corrected chi connectivity index (χ1v) is 10.1. The summed E-state index contributed by atoms with van der Waals surface area (Å²) in [6.07, 6.45) is -0.0584. The second-order valence-corrected chi connectivity index (χ2v) is 8.71. The zero-order valence-electron chi connectivity index (χ0n) is 16.0. The average Bonchev–Trinajstić information content (AvgIpc) is 3.15. The standard InChI is InChI=1S/C17H26N4O6S/c1-7-12-11(8(2)22)15(23)21(12)13(16(24)25)14(7)28-10-4-9(18-6-10)5-19-17(26)20-27-3/h7-12,18,22H,4-6H2,1-3H3,(H,24,25)(H2,19,20,26)/t7-,8-,9+,10+,11-,12-/m1/s1. The van der Waals surface area contributed by atoms with E-state index in [1.54, 1.807) is 6.92 Å². The van der Waals surface area contributed by atoms with Crippen molar-refractivity contribution in [3.8, 4) is 0 Å². The second-order valence-electron chi connectivity index (χ2n) is 7.37. The van der Waals surface area contributed by atoms with E-state index in [1.165, 1.54) is 23.8 Å². The highest BCUT2D eigenvalue weighted by molar-refractivity contribution is 8.03. The van der Waals surface area contributed by atoms with Crippen LogP contribution in [0.25, 0.3) is 0 Å². The molecule has 0 aromatic rings. The van der Waals surface area contributed by atoms with Gasteiger partial charge in [-0.2, -0.15) is 0 Å². The molecule has 28 heavy (non-hydrogen) atoms. The van der Waals surface area contributed by atoms with E-state index in [0.29, 0.717) is 18.0 Å². The smallest absolute Gasteiger partial charge is 0.353 e. The average molecular weight is 414 g/mol. The molecule has 10 nitrogen and oxygen atoms in total. The Kier molecular flexibility index (Phi) is 6.18. The SMILES string of the molecule is CONC(=O)NC[C@@H]1C[C@H](SC2=C(C(=O)O)N3C(=O)[C@H]([C@@H](C)O)[C@H]3[C@H]2C)CN1. The molecular weight excluding hydrogens is 388 g/mol. The molecule has 6 atom stereocenters. The number of carbonyl (C=O) groups excluding carboxylic acids is 2. The molecule has 0 bridgehead atoms. The van der Waals surface area contributed by atoms with Crippen LogP contribution in [0.15, 0.2) is 10.6 Å².